The zero-order valence-electron chi connectivity index (χ0n) is 17.8. The lowest BCUT2D eigenvalue weighted by Gasteiger charge is -2.41. The molecular formula is C20H38O4. The van der Waals surface area contributed by atoms with Gasteiger partial charge in [-0.05, 0) is 21.7 Å². The van der Waals surface area contributed by atoms with Crippen molar-refractivity contribution in [3.05, 3.63) is 0 Å². The molecule has 0 aliphatic carbocycles. The minimum absolute atomic E-state index is 0.276. The third-order valence-electron chi connectivity index (χ3n) is 3.76. The minimum Gasteiger partial charge on any atom is -0.453 e. The Kier molecular flexibility index (Phi) is 6.74. The minimum atomic E-state index is -0.914. The van der Waals surface area contributed by atoms with Gasteiger partial charge in [0.1, 0.15) is 12.2 Å². The average molecular weight is 343 g/mol. The average Bonchev–Trinajstić information content (AvgIpc) is 2.26. The molecule has 0 heterocycles. The van der Waals surface area contributed by atoms with Crippen molar-refractivity contribution in [2.24, 2.45) is 21.7 Å². The fourth-order valence-corrected chi connectivity index (χ4v) is 3.62. The lowest BCUT2D eigenvalue weighted by atomic mass is 9.74. The normalized spacial score (nSPS) is 14.1. The highest BCUT2D eigenvalue weighted by Gasteiger charge is 2.42. The van der Waals surface area contributed by atoms with E-state index in [-0.39, 0.29) is 21.7 Å². The van der Waals surface area contributed by atoms with Gasteiger partial charge in [-0.25, -0.2) is 9.59 Å². The molecule has 142 valence electrons. The van der Waals surface area contributed by atoms with Crippen molar-refractivity contribution < 1.29 is 19.1 Å². The van der Waals surface area contributed by atoms with E-state index in [4.69, 9.17) is 9.47 Å². The summed E-state index contributed by atoms with van der Waals surface area (Å²) in [7, 11) is 0. The van der Waals surface area contributed by atoms with E-state index in [9.17, 15) is 9.59 Å². The van der Waals surface area contributed by atoms with Crippen molar-refractivity contribution in [1.29, 1.82) is 0 Å². The molecule has 0 saturated carbocycles. The summed E-state index contributed by atoms with van der Waals surface area (Å²) in [5, 5.41) is 0. The Balaban J connectivity index is 5.28. The van der Waals surface area contributed by atoms with Gasteiger partial charge < -0.3 is 9.47 Å². The fraction of sp³-hybridized carbons (Fsp3) is 0.900. The lowest BCUT2D eigenvalue weighted by Crippen LogP contribution is -2.46. The highest BCUT2D eigenvalue weighted by Crippen LogP contribution is 2.38. The molecule has 0 unspecified atom stereocenters. The van der Waals surface area contributed by atoms with Gasteiger partial charge in [-0.1, -0.05) is 83.1 Å². The van der Waals surface area contributed by atoms with Crippen LogP contribution in [0.1, 0.15) is 83.1 Å². The van der Waals surface area contributed by atoms with Crippen molar-refractivity contribution in [3.8, 4) is 0 Å². The van der Waals surface area contributed by atoms with Crippen LogP contribution in [0.25, 0.3) is 0 Å². The largest absolute Gasteiger partial charge is 0.453 e. The first-order valence-corrected chi connectivity index (χ1v) is 8.69. The highest BCUT2D eigenvalue weighted by molar-refractivity contribution is 6.29. The quantitative estimate of drug-likeness (QED) is 0.524. The number of hydrogen-bond donors (Lipinski definition) is 0. The lowest BCUT2D eigenvalue weighted by molar-refractivity contribution is -0.189. The SMILES string of the molecule is CC(C)(C)C(OC(=O)C(=O)OC(C(C)(C)C)C(C)(C)C)C(C)(C)C. The van der Waals surface area contributed by atoms with Crippen LogP contribution < -0.4 is 0 Å². The van der Waals surface area contributed by atoms with Crippen LogP contribution in [0.15, 0.2) is 0 Å². The predicted octanol–water partition coefficient (Wildman–Crippen LogP) is 4.99. The van der Waals surface area contributed by atoms with Crippen molar-refractivity contribution in [1.82, 2.24) is 0 Å². The van der Waals surface area contributed by atoms with E-state index in [1.165, 1.54) is 0 Å². The monoisotopic (exact) mass is 342 g/mol. The van der Waals surface area contributed by atoms with Gasteiger partial charge in [-0.15, -0.1) is 0 Å². The number of esters is 2. The highest BCUT2D eigenvalue weighted by atomic mass is 16.6. The topological polar surface area (TPSA) is 52.6 Å². The molecule has 0 fully saturated rings. The van der Waals surface area contributed by atoms with Gasteiger partial charge in [-0.2, -0.15) is 0 Å². The molecule has 0 spiro atoms. The number of rotatable bonds is 2. The van der Waals surface area contributed by atoms with Crippen molar-refractivity contribution in [2.75, 3.05) is 0 Å². The molecule has 0 aromatic rings. The molecule has 0 N–H and O–H groups in total. The van der Waals surface area contributed by atoms with Gasteiger partial charge in [-0.3, -0.25) is 0 Å². The fourth-order valence-electron chi connectivity index (χ4n) is 3.62. The Bertz CT molecular complexity index is 378. The van der Waals surface area contributed by atoms with Crippen molar-refractivity contribution in [2.45, 2.75) is 95.3 Å². The third kappa shape index (κ3) is 6.82. The molecule has 0 aliphatic heterocycles. The zero-order valence-corrected chi connectivity index (χ0v) is 17.8. The van der Waals surface area contributed by atoms with Gasteiger partial charge in [0, 0.05) is 0 Å². The van der Waals surface area contributed by atoms with Crippen molar-refractivity contribution >= 4 is 11.9 Å². The number of carbonyl (C=O) groups is 2. The summed E-state index contributed by atoms with van der Waals surface area (Å²) < 4.78 is 11.1. The molecule has 0 amide bonds. The summed E-state index contributed by atoms with van der Waals surface area (Å²) in [6.07, 6.45) is -0.791. The molecule has 24 heavy (non-hydrogen) atoms. The summed E-state index contributed by atoms with van der Waals surface area (Å²) >= 11 is 0. The summed E-state index contributed by atoms with van der Waals surface area (Å²) in [6, 6.07) is 0. The molecule has 0 aliphatic rings. The van der Waals surface area contributed by atoms with Crippen LogP contribution >= 0.6 is 0 Å². The van der Waals surface area contributed by atoms with Crippen LogP contribution in [-0.2, 0) is 19.1 Å². The molecule has 4 nitrogen and oxygen atoms in total. The van der Waals surface area contributed by atoms with Crippen LogP contribution in [-0.4, -0.2) is 24.1 Å². The molecule has 0 atom stereocenters. The van der Waals surface area contributed by atoms with Crippen LogP contribution in [0.4, 0.5) is 0 Å². The molecular weight excluding hydrogens is 304 g/mol. The Hall–Kier alpha value is -1.06. The van der Waals surface area contributed by atoms with Crippen LogP contribution in [0.2, 0.25) is 0 Å². The molecule has 0 radical (unpaired) electrons. The molecule has 0 aromatic carbocycles. The summed E-state index contributed by atoms with van der Waals surface area (Å²) in [6.45, 7) is 23.9. The van der Waals surface area contributed by atoms with E-state index in [2.05, 4.69) is 0 Å². The molecule has 0 saturated heterocycles. The number of hydrogen-bond acceptors (Lipinski definition) is 4. The number of ether oxygens (including phenoxy) is 2. The van der Waals surface area contributed by atoms with Gasteiger partial charge in [0.05, 0.1) is 0 Å². The summed E-state index contributed by atoms with van der Waals surface area (Å²) in [5.41, 5.74) is -1.10. The van der Waals surface area contributed by atoms with E-state index in [0.29, 0.717) is 0 Å². The van der Waals surface area contributed by atoms with Gasteiger partial charge >= 0.3 is 11.9 Å². The first-order valence-electron chi connectivity index (χ1n) is 8.69. The number of carbonyl (C=O) groups excluding carboxylic acids is 2. The Labute approximate surface area is 148 Å². The second-order valence-electron chi connectivity index (χ2n) is 11.0. The zero-order chi connectivity index (χ0) is 19.7. The Morgan fingerprint density at radius 1 is 0.500 bits per heavy atom. The maximum absolute atomic E-state index is 12.3. The van der Waals surface area contributed by atoms with E-state index in [1.54, 1.807) is 0 Å². The Morgan fingerprint density at radius 3 is 0.792 bits per heavy atom. The van der Waals surface area contributed by atoms with Gasteiger partial charge in [0.2, 0.25) is 0 Å². The second kappa shape index (κ2) is 7.05. The second-order valence-corrected chi connectivity index (χ2v) is 11.0. The first-order chi connectivity index (χ1) is 10.3. The molecule has 0 aromatic heterocycles. The van der Waals surface area contributed by atoms with Gasteiger partial charge in [0.15, 0.2) is 0 Å². The van der Waals surface area contributed by atoms with E-state index in [1.807, 2.05) is 83.1 Å². The van der Waals surface area contributed by atoms with E-state index < -0.39 is 24.1 Å². The predicted molar refractivity (Wildman–Crippen MR) is 97.6 cm³/mol. The third-order valence-corrected chi connectivity index (χ3v) is 3.76. The van der Waals surface area contributed by atoms with Crippen LogP contribution in [0.5, 0.6) is 0 Å². The molecule has 0 bridgehead atoms. The van der Waals surface area contributed by atoms with Gasteiger partial charge in [0.25, 0.3) is 0 Å². The standard InChI is InChI=1S/C20H38O4/c1-17(2,3)15(18(4,5)6)23-13(21)14(22)24-16(19(7,8)9)20(10,11)12/h15-16H,1-12H3. The molecule has 4 heteroatoms. The Morgan fingerprint density at radius 2 is 0.667 bits per heavy atom. The van der Waals surface area contributed by atoms with Crippen LogP contribution in [0, 0.1) is 21.7 Å². The van der Waals surface area contributed by atoms with E-state index >= 15 is 0 Å². The smallest absolute Gasteiger partial charge is 0.417 e. The van der Waals surface area contributed by atoms with Crippen molar-refractivity contribution in [3.63, 3.8) is 0 Å². The van der Waals surface area contributed by atoms with Crippen LogP contribution in [0.3, 0.4) is 0 Å². The summed E-state index contributed by atoms with van der Waals surface area (Å²) in [4.78, 5) is 24.7. The van der Waals surface area contributed by atoms with E-state index in [0.717, 1.165) is 0 Å². The first kappa shape index (κ1) is 22.9. The maximum atomic E-state index is 12.3. The molecule has 0 rings (SSSR count). The maximum Gasteiger partial charge on any atom is 0.417 e. The summed E-state index contributed by atoms with van der Waals surface area (Å²) in [5.74, 6) is -1.83.